The lowest BCUT2D eigenvalue weighted by atomic mass is 9.81. The second-order valence-electron chi connectivity index (χ2n) is 8.82. The van der Waals surface area contributed by atoms with E-state index in [0.29, 0.717) is 44.8 Å². The van der Waals surface area contributed by atoms with Gasteiger partial charge >= 0.3 is 6.03 Å². The fraction of sp³-hybridized carbons (Fsp3) is 0.609. The van der Waals surface area contributed by atoms with Gasteiger partial charge in [0, 0.05) is 30.2 Å². The van der Waals surface area contributed by atoms with Gasteiger partial charge in [0.25, 0.3) is 0 Å². The third kappa shape index (κ3) is 5.00. The van der Waals surface area contributed by atoms with Crippen LogP contribution in [0.5, 0.6) is 0 Å². The Morgan fingerprint density at radius 2 is 1.87 bits per heavy atom. The number of nitrogens with one attached hydrogen (secondary N) is 2. The summed E-state index contributed by atoms with van der Waals surface area (Å²) in [5, 5.41) is 5.93. The summed E-state index contributed by atoms with van der Waals surface area (Å²) in [6.45, 7) is 7.57. The number of hydrogen-bond acceptors (Lipinski definition) is 4. The Labute approximate surface area is 189 Å². The largest absolute Gasteiger partial charge is 0.342 e. The number of urea groups is 1. The van der Waals surface area contributed by atoms with Crippen molar-refractivity contribution in [2.24, 2.45) is 5.92 Å². The molecule has 170 valence electrons. The van der Waals surface area contributed by atoms with Crippen LogP contribution in [-0.4, -0.2) is 65.1 Å². The van der Waals surface area contributed by atoms with Gasteiger partial charge in [0.2, 0.25) is 11.8 Å². The van der Waals surface area contributed by atoms with Crippen molar-refractivity contribution in [2.45, 2.75) is 62.9 Å². The molecule has 4 amide bonds. The number of benzene rings is 1. The summed E-state index contributed by atoms with van der Waals surface area (Å²) >= 11 is 1.65. The fourth-order valence-corrected chi connectivity index (χ4v) is 4.92. The quantitative estimate of drug-likeness (QED) is 0.655. The number of rotatable bonds is 6. The zero-order valence-electron chi connectivity index (χ0n) is 18.9. The van der Waals surface area contributed by atoms with E-state index in [9.17, 15) is 14.4 Å². The standard InChI is InChI=1S/C23H34N4O3S/c1-5-12-27-20(28)19(15-16(2)3)25-21(29)23(27)10-13-26(14-11-23)22(30)24-17-6-8-18(31-4)9-7-17/h6-9,16,19H,5,10-15H2,1-4H3,(H,24,30)(H,25,29). The molecular weight excluding hydrogens is 412 g/mol. The number of carbonyl (C=O) groups excluding carboxylic acids is 3. The number of piperidine rings is 1. The maximum Gasteiger partial charge on any atom is 0.321 e. The predicted octanol–water partition coefficient (Wildman–Crippen LogP) is 3.56. The van der Waals surface area contributed by atoms with E-state index in [0.717, 1.165) is 17.0 Å². The zero-order valence-corrected chi connectivity index (χ0v) is 19.8. The smallest absolute Gasteiger partial charge is 0.321 e. The Hall–Kier alpha value is -2.22. The Kier molecular flexibility index (Phi) is 7.51. The van der Waals surface area contributed by atoms with Gasteiger partial charge < -0.3 is 20.4 Å². The van der Waals surface area contributed by atoms with Crippen molar-refractivity contribution in [2.75, 3.05) is 31.2 Å². The molecule has 2 fully saturated rings. The summed E-state index contributed by atoms with van der Waals surface area (Å²) in [6.07, 6.45) is 4.36. The SMILES string of the molecule is CCCN1C(=O)C(CC(C)C)NC(=O)C12CCN(C(=O)Nc1ccc(SC)cc1)CC2. The van der Waals surface area contributed by atoms with Gasteiger partial charge in [0.1, 0.15) is 11.6 Å². The van der Waals surface area contributed by atoms with Crippen molar-refractivity contribution in [1.29, 1.82) is 0 Å². The Bertz CT molecular complexity index is 804. The maximum absolute atomic E-state index is 13.2. The molecule has 1 spiro atoms. The molecule has 1 unspecified atom stereocenters. The second-order valence-corrected chi connectivity index (χ2v) is 9.70. The first kappa shape index (κ1) is 23.4. The minimum atomic E-state index is -0.850. The van der Waals surface area contributed by atoms with Crippen LogP contribution < -0.4 is 10.6 Å². The summed E-state index contributed by atoms with van der Waals surface area (Å²) in [5.74, 6) is 0.267. The van der Waals surface area contributed by atoms with Gasteiger partial charge in [-0.1, -0.05) is 20.8 Å². The summed E-state index contributed by atoms with van der Waals surface area (Å²) < 4.78 is 0. The number of piperazine rings is 1. The number of carbonyl (C=O) groups is 3. The molecule has 0 bridgehead atoms. The lowest BCUT2D eigenvalue weighted by Crippen LogP contribution is -2.73. The van der Waals surface area contributed by atoms with E-state index in [1.807, 2.05) is 37.4 Å². The highest BCUT2D eigenvalue weighted by atomic mass is 32.2. The van der Waals surface area contributed by atoms with Crippen LogP contribution in [0.25, 0.3) is 0 Å². The van der Waals surface area contributed by atoms with Crippen LogP contribution in [0, 0.1) is 5.92 Å². The van der Waals surface area contributed by atoms with E-state index in [2.05, 4.69) is 24.5 Å². The number of hydrogen-bond donors (Lipinski definition) is 2. The number of thioether (sulfide) groups is 1. The highest BCUT2D eigenvalue weighted by molar-refractivity contribution is 7.98. The third-order valence-electron chi connectivity index (χ3n) is 6.18. The molecule has 31 heavy (non-hydrogen) atoms. The zero-order chi connectivity index (χ0) is 22.6. The maximum atomic E-state index is 13.2. The highest BCUT2D eigenvalue weighted by Gasteiger charge is 2.53. The molecule has 2 heterocycles. The summed E-state index contributed by atoms with van der Waals surface area (Å²) in [7, 11) is 0. The first-order valence-electron chi connectivity index (χ1n) is 11.1. The van der Waals surface area contributed by atoms with Gasteiger partial charge in [-0.25, -0.2) is 4.79 Å². The van der Waals surface area contributed by atoms with Crippen molar-refractivity contribution >= 4 is 35.3 Å². The van der Waals surface area contributed by atoms with Gasteiger partial charge in [0.05, 0.1) is 0 Å². The van der Waals surface area contributed by atoms with Gasteiger partial charge in [-0.05, 0) is 62.1 Å². The first-order chi connectivity index (χ1) is 14.8. The van der Waals surface area contributed by atoms with E-state index in [4.69, 9.17) is 0 Å². The third-order valence-corrected chi connectivity index (χ3v) is 6.93. The lowest BCUT2D eigenvalue weighted by Gasteiger charge is -2.51. The molecule has 0 radical (unpaired) electrons. The summed E-state index contributed by atoms with van der Waals surface area (Å²) in [4.78, 5) is 43.8. The van der Waals surface area contributed by atoms with Crippen molar-refractivity contribution in [3.05, 3.63) is 24.3 Å². The van der Waals surface area contributed by atoms with E-state index < -0.39 is 11.6 Å². The topological polar surface area (TPSA) is 81.8 Å². The van der Waals surface area contributed by atoms with Gasteiger partial charge in [-0.3, -0.25) is 9.59 Å². The molecule has 1 aromatic rings. The number of likely N-dealkylation sites (tertiary alicyclic amines) is 1. The van der Waals surface area contributed by atoms with Gasteiger partial charge in [-0.2, -0.15) is 0 Å². The van der Waals surface area contributed by atoms with E-state index in [-0.39, 0.29) is 17.8 Å². The first-order valence-corrected chi connectivity index (χ1v) is 12.4. The van der Waals surface area contributed by atoms with Crippen LogP contribution in [0.2, 0.25) is 0 Å². The number of amides is 4. The molecule has 0 saturated carbocycles. The van der Waals surface area contributed by atoms with Crippen LogP contribution in [0.3, 0.4) is 0 Å². The van der Waals surface area contributed by atoms with Crippen molar-refractivity contribution in [3.63, 3.8) is 0 Å². The van der Waals surface area contributed by atoms with Crippen LogP contribution in [0.15, 0.2) is 29.2 Å². The van der Waals surface area contributed by atoms with E-state index >= 15 is 0 Å². The highest BCUT2D eigenvalue weighted by Crippen LogP contribution is 2.34. The molecule has 1 atom stereocenters. The van der Waals surface area contributed by atoms with Gasteiger partial charge in [-0.15, -0.1) is 11.8 Å². The van der Waals surface area contributed by atoms with Crippen LogP contribution in [0.1, 0.15) is 46.5 Å². The summed E-state index contributed by atoms with van der Waals surface area (Å²) in [5.41, 5.74) is -0.102. The molecule has 7 nitrogen and oxygen atoms in total. The normalized spacial score (nSPS) is 20.9. The molecule has 2 N–H and O–H groups in total. The van der Waals surface area contributed by atoms with E-state index in [1.54, 1.807) is 21.6 Å². The van der Waals surface area contributed by atoms with Crippen molar-refractivity contribution in [3.8, 4) is 0 Å². The Morgan fingerprint density at radius 3 is 2.42 bits per heavy atom. The molecule has 3 rings (SSSR count). The molecular formula is C23H34N4O3S. The Morgan fingerprint density at radius 1 is 1.23 bits per heavy atom. The fourth-order valence-electron chi connectivity index (χ4n) is 4.51. The number of nitrogens with zero attached hydrogens (tertiary/aromatic N) is 2. The average Bonchev–Trinajstić information content (AvgIpc) is 2.76. The van der Waals surface area contributed by atoms with E-state index in [1.165, 1.54) is 0 Å². The second kappa shape index (κ2) is 9.94. The average molecular weight is 447 g/mol. The Balaban J connectivity index is 1.68. The summed E-state index contributed by atoms with van der Waals surface area (Å²) in [6, 6.07) is 7.10. The molecule has 0 aliphatic carbocycles. The van der Waals surface area contributed by atoms with Crippen LogP contribution >= 0.6 is 11.8 Å². The molecule has 2 saturated heterocycles. The molecule has 1 aromatic carbocycles. The minimum absolute atomic E-state index is 0.0157. The van der Waals surface area contributed by atoms with Crippen molar-refractivity contribution < 1.29 is 14.4 Å². The molecule has 2 aliphatic rings. The minimum Gasteiger partial charge on any atom is -0.342 e. The molecule has 2 aliphatic heterocycles. The lowest BCUT2D eigenvalue weighted by molar-refractivity contribution is -0.161. The van der Waals surface area contributed by atoms with Crippen LogP contribution in [0.4, 0.5) is 10.5 Å². The van der Waals surface area contributed by atoms with Crippen molar-refractivity contribution in [1.82, 2.24) is 15.1 Å². The monoisotopic (exact) mass is 446 g/mol. The predicted molar refractivity (Wildman–Crippen MR) is 124 cm³/mol. The van der Waals surface area contributed by atoms with Crippen LogP contribution in [-0.2, 0) is 9.59 Å². The van der Waals surface area contributed by atoms with Gasteiger partial charge in [0.15, 0.2) is 0 Å². The molecule has 8 heteroatoms. The molecule has 0 aromatic heterocycles. The number of anilines is 1.